The lowest BCUT2D eigenvalue weighted by Gasteiger charge is -2.25. The number of aliphatic hydroxyl groups is 1. The molecule has 0 aromatic rings. The van der Waals surface area contributed by atoms with Gasteiger partial charge < -0.3 is 10.4 Å². The van der Waals surface area contributed by atoms with E-state index >= 15 is 0 Å². The molecule has 1 aliphatic heterocycles. The first-order valence-electron chi connectivity index (χ1n) is 3.35. The zero-order valence-corrected chi connectivity index (χ0v) is 5.67. The molecule has 2 atom stereocenters. The van der Waals surface area contributed by atoms with E-state index in [0.717, 1.165) is 19.6 Å². The molecular formula is C6H13N2O. The topological polar surface area (TPSA) is 46.4 Å². The highest BCUT2D eigenvalue weighted by atomic mass is 16.3. The lowest BCUT2D eigenvalue weighted by Crippen LogP contribution is -2.50. The summed E-state index contributed by atoms with van der Waals surface area (Å²) in [4.78, 5) is 0. The van der Waals surface area contributed by atoms with Crippen molar-refractivity contribution in [1.29, 1.82) is 0 Å². The number of aliphatic hydroxyl groups excluding tert-OH is 1. The van der Waals surface area contributed by atoms with Gasteiger partial charge in [-0.25, -0.2) is 5.32 Å². The summed E-state index contributed by atoms with van der Waals surface area (Å²) in [7, 11) is 0. The Kier molecular flexibility index (Phi) is 2.45. The molecule has 1 heterocycles. The van der Waals surface area contributed by atoms with Crippen molar-refractivity contribution in [2.75, 3.05) is 19.6 Å². The van der Waals surface area contributed by atoms with Crippen LogP contribution in [-0.2, 0) is 0 Å². The van der Waals surface area contributed by atoms with Crippen molar-refractivity contribution in [3.05, 3.63) is 0 Å². The molecule has 0 spiro atoms. The molecule has 1 radical (unpaired) electrons. The van der Waals surface area contributed by atoms with Gasteiger partial charge in [-0.05, 0) is 6.92 Å². The van der Waals surface area contributed by atoms with E-state index in [2.05, 4.69) is 10.6 Å². The van der Waals surface area contributed by atoms with Crippen LogP contribution in [0.25, 0.3) is 0 Å². The number of nitrogens with zero attached hydrogens (tertiary/aromatic N) is 1. The van der Waals surface area contributed by atoms with Gasteiger partial charge in [0.25, 0.3) is 0 Å². The fraction of sp³-hybridized carbons (Fsp3) is 1.00. The predicted octanol–water partition coefficient (Wildman–Crippen LogP) is -1.06. The maximum absolute atomic E-state index is 9.05. The predicted molar refractivity (Wildman–Crippen MR) is 35.3 cm³/mol. The normalized spacial score (nSPS) is 32.0. The molecule has 3 heteroatoms. The van der Waals surface area contributed by atoms with Crippen LogP contribution in [-0.4, -0.2) is 36.9 Å². The molecule has 0 aliphatic carbocycles. The number of rotatable bonds is 1. The first kappa shape index (κ1) is 6.99. The Hall–Kier alpha value is -0.120. The molecule has 1 rings (SSSR count). The Bertz CT molecular complexity index is 79.1. The van der Waals surface area contributed by atoms with Crippen LogP contribution in [0.5, 0.6) is 0 Å². The maximum Gasteiger partial charge on any atom is 0.0678 e. The highest BCUT2D eigenvalue weighted by Gasteiger charge is 2.16. The fourth-order valence-corrected chi connectivity index (χ4v) is 0.947. The molecular weight excluding hydrogens is 116 g/mol. The van der Waals surface area contributed by atoms with Gasteiger partial charge in [0.05, 0.1) is 6.10 Å². The minimum atomic E-state index is -0.269. The molecule has 0 aromatic heterocycles. The number of nitrogens with one attached hydrogen (secondary N) is 1. The lowest BCUT2D eigenvalue weighted by molar-refractivity contribution is 0.135. The van der Waals surface area contributed by atoms with Gasteiger partial charge in [-0.1, -0.05) is 0 Å². The zero-order chi connectivity index (χ0) is 6.69. The summed E-state index contributed by atoms with van der Waals surface area (Å²) in [6, 6.07) is 0.193. The molecule has 3 nitrogen and oxygen atoms in total. The van der Waals surface area contributed by atoms with Crippen molar-refractivity contribution < 1.29 is 5.11 Å². The molecule has 0 bridgehead atoms. The van der Waals surface area contributed by atoms with Gasteiger partial charge in [0.15, 0.2) is 0 Å². The first-order chi connectivity index (χ1) is 4.30. The zero-order valence-electron chi connectivity index (χ0n) is 5.67. The smallest absolute Gasteiger partial charge is 0.0678 e. The Balaban J connectivity index is 2.23. The summed E-state index contributed by atoms with van der Waals surface area (Å²) < 4.78 is 0. The summed E-state index contributed by atoms with van der Waals surface area (Å²) in [5.74, 6) is 0. The van der Waals surface area contributed by atoms with Crippen LogP contribution in [0.1, 0.15) is 6.92 Å². The number of hydrogen-bond donors (Lipinski definition) is 2. The van der Waals surface area contributed by atoms with E-state index in [1.54, 1.807) is 6.92 Å². The van der Waals surface area contributed by atoms with E-state index < -0.39 is 0 Å². The van der Waals surface area contributed by atoms with Crippen LogP contribution in [0.4, 0.5) is 0 Å². The minimum Gasteiger partial charge on any atom is -0.392 e. The Morgan fingerprint density at radius 3 is 2.89 bits per heavy atom. The van der Waals surface area contributed by atoms with Crippen LogP contribution in [0, 0.1) is 0 Å². The van der Waals surface area contributed by atoms with Gasteiger partial charge in [-0.15, -0.1) is 0 Å². The summed E-state index contributed by atoms with van der Waals surface area (Å²) in [5, 5.41) is 16.4. The van der Waals surface area contributed by atoms with Gasteiger partial charge in [0.1, 0.15) is 0 Å². The molecule has 1 saturated heterocycles. The quantitative estimate of drug-likeness (QED) is 0.474. The Morgan fingerprint density at radius 1 is 1.78 bits per heavy atom. The van der Waals surface area contributed by atoms with Crippen LogP contribution < -0.4 is 10.6 Å². The second kappa shape index (κ2) is 3.15. The van der Waals surface area contributed by atoms with E-state index in [9.17, 15) is 0 Å². The van der Waals surface area contributed by atoms with E-state index in [1.807, 2.05) is 0 Å². The van der Waals surface area contributed by atoms with Gasteiger partial charge in [-0.3, -0.25) is 0 Å². The molecule has 0 aromatic carbocycles. The van der Waals surface area contributed by atoms with Crippen molar-refractivity contribution >= 4 is 0 Å². The fourth-order valence-electron chi connectivity index (χ4n) is 0.947. The van der Waals surface area contributed by atoms with Crippen molar-refractivity contribution in [1.82, 2.24) is 10.6 Å². The Morgan fingerprint density at radius 2 is 2.56 bits per heavy atom. The van der Waals surface area contributed by atoms with Crippen molar-refractivity contribution in [3.63, 3.8) is 0 Å². The third-order valence-corrected chi connectivity index (χ3v) is 1.58. The van der Waals surface area contributed by atoms with E-state index in [4.69, 9.17) is 5.11 Å². The molecule has 1 aliphatic rings. The van der Waals surface area contributed by atoms with E-state index in [0.29, 0.717) is 0 Å². The number of hydrogen-bond acceptors (Lipinski definition) is 2. The Labute approximate surface area is 55.5 Å². The SMILES string of the molecule is CC(O)C1C[N]CCN1. The van der Waals surface area contributed by atoms with Gasteiger partial charge in [-0.2, -0.15) is 0 Å². The highest BCUT2D eigenvalue weighted by molar-refractivity contribution is 4.78. The number of piperazine rings is 1. The third kappa shape index (κ3) is 1.93. The van der Waals surface area contributed by atoms with Gasteiger partial charge in [0, 0.05) is 25.7 Å². The first-order valence-corrected chi connectivity index (χ1v) is 3.35. The van der Waals surface area contributed by atoms with E-state index in [1.165, 1.54) is 0 Å². The molecule has 2 N–H and O–H groups in total. The molecule has 2 unspecified atom stereocenters. The molecule has 0 amide bonds. The van der Waals surface area contributed by atoms with Crippen LogP contribution in [0.15, 0.2) is 0 Å². The average molecular weight is 129 g/mol. The summed E-state index contributed by atoms with van der Waals surface area (Å²) >= 11 is 0. The monoisotopic (exact) mass is 129 g/mol. The average Bonchev–Trinajstić information content (AvgIpc) is 1.90. The highest BCUT2D eigenvalue weighted by Crippen LogP contribution is 1.93. The van der Waals surface area contributed by atoms with Crippen molar-refractivity contribution in [2.24, 2.45) is 0 Å². The van der Waals surface area contributed by atoms with Gasteiger partial charge in [0.2, 0.25) is 0 Å². The van der Waals surface area contributed by atoms with Crippen molar-refractivity contribution in [3.8, 4) is 0 Å². The van der Waals surface area contributed by atoms with Gasteiger partial charge >= 0.3 is 0 Å². The second-order valence-electron chi connectivity index (χ2n) is 2.43. The van der Waals surface area contributed by atoms with Crippen molar-refractivity contribution in [2.45, 2.75) is 19.1 Å². The van der Waals surface area contributed by atoms with E-state index in [-0.39, 0.29) is 12.1 Å². The summed E-state index contributed by atoms with van der Waals surface area (Å²) in [6.07, 6.45) is -0.269. The molecule has 1 fully saturated rings. The lowest BCUT2D eigenvalue weighted by atomic mass is 10.1. The van der Waals surface area contributed by atoms with Crippen LogP contribution >= 0.6 is 0 Å². The minimum absolute atomic E-state index is 0.193. The summed E-state index contributed by atoms with van der Waals surface area (Å²) in [6.45, 7) is 4.36. The maximum atomic E-state index is 9.05. The summed E-state index contributed by atoms with van der Waals surface area (Å²) in [5.41, 5.74) is 0. The molecule has 53 valence electrons. The van der Waals surface area contributed by atoms with Crippen LogP contribution in [0.2, 0.25) is 0 Å². The standard InChI is InChI=1S/C6H13N2O/c1-5(9)6-4-7-2-3-8-6/h5-6,8-9H,2-4H2,1H3. The third-order valence-electron chi connectivity index (χ3n) is 1.58. The second-order valence-corrected chi connectivity index (χ2v) is 2.43. The molecule has 9 heavy (non-hydrogen) atoms. The molecule has 0 saturated carbocycles. The van der Waals surface area contributed by atoms with Crippen LogP contribution in [0.3, 0.4) is 0 Å². The largest absolute Gasteiger partial charge is 0.392 e.